The first-order valence-corrected chi connectivity index (χ1v) is 7.66. The Kier molecular flexibility index (Phi) is 7.01. The zero-order valence-corrected chi connectivity index (χ0v) is 13.2. The molecular weight excluding hydrogens is 292 g/mol. The molecule has 1 heterocycles. The first-order chi connectivity index (χ1) is 9.99. The van der Waals surface area contributed by atoms with Crippen molar-refractivity contribution in [2.45, 2.75) is 31.3 Å². The standard InChI is InChI=1S/C14H20N2O4S/c1-4-10(2)13(14(18)20-3)15-11(17)9-21-12-7-5-6-8-16(12)19/h5-8,10,13H,4,9H2,1-3H3,(H,15,17)/t10-,13+/m0/s1. The summed E-state index contributed by atoms with van der Waals surface area (Å²) in [7, 11) is 1.29. The van der Waals surface area contributed by atoms with Gasteiger partial charge in [-0.3, -0.25) is 4.79 Å². The van der Waals surface area contributed by atoms with Gasteiger partial charge in [-0.15, -0.1) is 0 Å². The predicted octanol–water partition coefficient (Wildman–Crippen LogP) is 1.12. The van der Waals surface area contributed by atoms with Crippen molar-refractivity contribution in [2.75, 3.05) is 12.9 Å². The molecule has 1 aromatic rings. The molecule has 21 heavy (non-hydrogen) atoms. The summed E-state index contributed by atoms with van der Waals surface area (Å²) in [5, 5.41) is 14.6. The van der Waals surface area contributed by atoms with Crippen LogP contribution in [-0.4, -0.2) is 30.8 Å². The molecular formula is C14H20N2O4S. The fourth-order valence-electron chi connectivity index (χ4n) is 1.68. The molecule has 0 radical (unpaired) electrons. The number of hydrogen-bond donors (Lipinski definition) is 1. The number of carbonyl (C=O) groups is 2. The topological polar surface area (TPSA) is 82.3 Å². The lowest BCUT2D eigenvalue weighted by atomic mass is 9.99. The van der Waals surface area contributed by atoms with E-state index in [1.54, 1.807) is 18.2 Å². The number of carbonyl (C=O) groups excluding carboxylic acids is 2. The van der Waals surface area contributed by atoms with Gasteiger partial charge in [-0.25, -0.2) is 4.79 Å². The predicted molar refractivity (Wildman–Crippen MR) is 79.5 cm³/mol. The number of methoxy groups -OCH3 is 1. The fourth-order valence-corrected chi connectivity index (χ4v) is 2.40. The number of rotatable bonds is 7. The molecule has 0 spiro atoms. The fraction of sp³-hybridized carbons (Fsp3) is 0.500. The van der Waals surface area contributed by atoms with Gasteiger partial charge in [0.25, 0.3) is 5.03 Å². The van der Waals surface area contributed by atoms with Gasteiger partial charge in [0.1, 0.15) is 6.04 Å². The van der Waals surface area contributed by atoms with E-state index < -0.39 is 12.0 Å². The molecule has 0 fully saturated rings. The van der Waals surface area contributed by atoms with E-state index in [4.69, 9.17) is 4.74 Å². The molecule has 0 saturated carbocycles. The van der Waals surface area contributed by atoms with Crippen LogP contribution in [0.2, 0.25) is 0 Å². The minimum absolute atomic E-state index is 0.0208. The van der Waals surface area contributed by atoms with Crippen LogP contribution in [0, 0.1) is 11.1 Å². The second-order valence-corrected chi connectivity index (χ2v) is 5.60. The van der Waals surface area contributed by atoms with E-state index in [0.29, 0.717) is 9.76 Å². The van der Waals surface area contributed by atoms with Gasteiger partial charge in [0.2, 0.25) is 5.91 Å². The molecule has 0 unspecified atom stereocenters. The monoisotopic (exact) mass is 312 g/mol. The van der Waals surface area contributed by atoms with Crippen molar-refractivity contribution in [3.63, 3.8) is 0 Å². The number of nitrogens with one attached hydrogen (secondary N) is 1. The molecule has 7 heteroatoms. The molecule has 0 aliphatic carbocycles. The second kappa shape index (κ2) is 8.51. The highest BCUT2D eigenvalue weighted by Gasteiger charge is 2.26. The Balaban J connectivity index is 2.58. The summed E-state index contributed by atoms with van der Waals surface area (Å²) < 4.78 is 5.40. The van der Waals surface area contributed by atoms with E-state index in [-0.39, 0.29) is 17.6 Å². The second-order valence-electron chi connectivity index (χ2n) is 4.61. The number of thioether (sulfide) groups is 1. The van der Waals surface area contributed by atoms with Gasteiger partial charge >= 0.3 is 5.97 Å². The van der Waals surface area contributed by atoms with E-state index in [1.165, 1.54) is 13.3 Å². The molecule has 0 aromatic carbocycles. The van der Waals surface area contributed by atoms with Gasteiger partial charge in [-0.1, -0.05) is 20.3 Å². The van der Waals surface area contributed by atoms with Crippen LogP contribution < -0.4 is 10.0 Å². The van der Waals surface area contributed by atoms with Crippen LogP contribution in [0.25, 0.3) is 0 Å². The van der Waals surface area contributed by atoms with E-state index in [2.05, 4.69) is 5.32 Å². The molecule has 116 valence electrons. The van der Waals surface area contributed by atoms with E-state index >= 15 is 0 Å². The van der Waals surface area contributed by atoms with Gasteiger partial charge in [0, 0.05) is 12.1 Å². The highest BCUT2D eigenvalue weighted by atomic mass is 32.2. The zero-order valence-electron chi connectivity index (χ0n) is 12.4. The summed E-state index contributed by atoms with van der Waals surface area (Å²) in [4.78, 5) is 23.6. The SMILES string of the molecule is CC[C@H](C)[C@@H](NC(=O)CSc1cccc[n+]1[O-])C(=O)OC. The van der Waals surface area contributed by atoms with Crippen molar-refractivity contribution in [3.05, 3.63) is 29.6 Å². The highest BCUT2D eigenvalue weighted by molar-refractivity contribution is 7.99. The Hall–Kier alpha value is -1.76. The summed E-state index contributed by atoms with van der Waals surface area (Å²) in [6.07, 6.45) is 2.11. The Morgan fingerprint density at radius 3 is 2.76 bits per heavy atom. The highest BCUT2D eigenvalue weighted by Crippen LogP contribution is 2.13. The van der Waals surface area contributed by atoms with Gasteiger partial charge in [-0.05, 0) is 23.7 Å². The number of ether oxygens (including phenoxy) is 1. The zero-order chi connectivity index (χ0) is 15.8. The molecule has 1 N–H and O–H groups in total. The van der Waals surface area contributed by atoms with Crippen molar-refractivity contribution in [1.29, 1.82) is 0 Å². The molecule has 6 nitrogen and oxygen atoms in total. The minimum atomic E-state index is -0.664. The van der Waals surface area contributed by atoms with Crippen molar-refractivity contribution in [2.24, 2.45) is 5.92 Å². The summed E-state index contributed by atoms with van der Waals surface area (Å²) >= 11 is 1.12. The maximum atomic E-state index is 11.9. The molecule has 1 amide bonds. The Bertz CT molecular complexity index is 496. The van der Waals surface area contributed by atoms with Crippen LogP contribution >= 0.6 is 11.8 Å². The number of amides is 1. The van der Waals surface area contributed by atoms with Gasteiger partial charge in [0.05, 0.1) is 12.9 Å². The Labute approximate surface area is 128 Å². The van der Waals surface area contributed by atoms with Crippen LogP contribution in [0.15, 0.2) is 29.4 Å². The average Bonchev–Trinajstić information content (AvgIpc) is 2.50. The molecule has 0 aliphatic rings. The van der Waals surface area contributed by atoms with Crippen LogP contribution in [0.3, 0.4) is 0 Å². The van der Waals surface area contributed by atoms with E-state index in [9.17, 15) is 14.8 Å². The van der Waals surface area contributed by atoms with Crippen LogP contribution in [0.5, 0.6) is 0 Å². The molecule has 0 aliphatic heterocycles. The van der Waals surface area contributed by atoms with E-state index in [0.717, 1.165) is 18.2 Å². The lowest BCUT2D eigenvalue weighted by Crippen LogP contribution is -2.46. The number of hydrogen-bond acceptors (Lipinski definition) is 5. The number of nitrogens with zero attached hydrogens (tertiary/aromatic N) is 1. The summed E-state index contributed by atoms with van der Waals surface area (Å²) in [5.41, 5.74) is 0. The summed E-state index contributed by atoms with van der Waals surface area (Å²) in [6, 6.07) is 4.32. The Morgan fingerprint density at radius 1 is 1.48 bits per heavy atom. The number of aromatic nitrogens is 1. The summed E-state index contributed by atoms with van der Waals surface area (Å²) in [6.45, 7) is 3.81. The first kappa shape index (κ1) is 17.3. The van der Waals surface area contributed by atoms with Crippen molar-refractivity contribution in [3.8, 4) is 0 Å². The molecule has 1 rings (SSSR count). The van der Waals surface area contributed by atoms with Crippen LogP contribution in [-0.2, 0) is 14.3 Å². The lowest BCUT2D eigenvalue weighted by molar-refractivity contribution is -0.645. The third kappa shape index (κ3) is 5.26. The molecule has 2 atom stereocenters. The van der Waals surface area contributed by atoms with Crippen LogP contribution in [0.1, 0.15) is 20.3 Å². The van der Waals surface area contributed by atoms with E-state index in [1.807, 2.05) is 13.8 Å². The maximum absolute atomic E-state index is 11.9. The number of esters is 1. The Morgan fingerprint density at radius 2 is 2.19 bits per heavy atom. The van der Waals surface area contributed by atoms with Gasteiger partial charge < -0.3 is 15.3 Å². The average molecular weight is 312 g/mol. The normalized spacial score (nSPS) is 13.3. The third-order valence-corrected chi connectivity index (χ3v) is 4.14. The minimum Gasteiger partial charge on any atom is -0.618 e. The van der Waals surface area contributed by atoms with Gasteiger partial charge in [-0.2, -0.15) is 4.73 Å². The van der Waals surface area contributed by atoms with Crippen LogP contribution in [0.4, 0.5) is 0 Å². The van der Waals surface area contributed by atoms with Gasteiger partial charge in [0.15, 0.2) is 6.20 Å². The lowest BCUT2D eigenvalue weighted by Gasteiger charge is -2.21. The van der Waals surface area contributed by atoms with Crippen molar-refractivity contribution >= 4 is 23.6 Å². The molecule has 0 saturated heterocycles. The third-order valence-electron chi connectivity index (χ3n) is 3.12. The summed E-state index contributed by atoms with van der Waals surface area (Å²) in [5.74, 6) is -0.718. The molecule has 0 bridgehead atoms. The van der Waals surface area contributed by atoms with Crippen molar-refractivity contribution < 1.29 is 19.1 Å². The van der Waals surface area contributed by atoms with Crippen molar-refractivity contribution in [1.82, 2.24) is 5.32 Å². The quantitative estimate of drug-likeness (QED) is 0.353. The maximum Gasteiger partial charge on any atom is 0.328 e. The first-order valence-electron chi connectivity index (χ1n) is 6.67. The number of pyridine rings is 1. The largest absolute Gasteiger partial charge is 0.618 e. The smallest absolute Gasteiger partial charge is 0.328 e. The molecule has 1 aromatic heterocycles.